The number of carbonyl (C=O) groups excluding carboxylic acids is 1. The van der Waals surface area contributed by atoms with Crippen LogP contribution in [0.25, 0.3) is 0 Å². The predicted octanol–water partition coefficient (Wildman–Crippen LogP) is 2.18. The maximum absolute atomic E-state index is 12.2. The number of hydrogen-bond donors (Lipinski definition) is 3. The van der Waals surface area contributed by atoms with E-state index in [-0.39, 0.29) is 17.1 Å². The van der Waals surface area contributed by atoms with Crippen LogP contribution in [0.5, 0.6) is 11.5 Å². The lowest BCUT2D eigenvalue weighted by molar-refractivity contribution is 0.102. The van der Waals surface area contributed by atoms with Gasteiger partial charge in [0, 0.05) is 12.6 Å². The molecule has 1 aromatic carbocycles. The van der Waals surface area contributed by atoms with Gasteiger partial charge in [0.05, 0.1) is 22.6 Å². The Hall–Kier alpha value is -2.50. The van der Waals surface area contributed by atoms with Gasteiger partial charge < -0.3 is 15.5 Å². The Morgan fingerprint density at radius 1 is 1.35 bits per heavy atom. The first-order chi connectivity index (χ1) is 9.43. The molecule has 0 saturated heterocycles. The molecule has 0 saturated carbocycles. The second-order valence-corrected chi connectivity index (χ2v) is 4.52. The molecule has 3 N–H and O–H groups in total. The molecule has 6 nitrogen and oxygen atoms in total. The number of phenolic OH excluding ortho intramolecular Hbond substituents is 2. The van der Waals surface area contributed by atoms with Crippen LogP contribution >= 0.6 is 0 Å². The van der Waals surface area contributed by atoms with E-state index in [1.54, 1.807) is 4.68 Å². The van der Waals surface area contributed by atoms with E-state index in [1.165, 1.54) is 12.1 Å². The number of benzene rings is 1. The van der Waals surface area contributed by atoms with E-state index in [2.05, 4.69) is 10.4 Å². The minimum atomic E-state index is -0.440. The van der Waals surface area contributed by atoms with Crippen LogP contribution in [0.1, 0.15) is 28.7 Å². The number of aromatic hydroxyl groups is 2. The molecule has 0 radical (unpaired) electrons. The van der Waals surface area contributed by atoms with E-state index in [0.717, 1.165) is 17.5 Å². The van der Waals surface area contributed by atoms with Crippen LogP contribution in [-0.4, -0.2) is 25.9 Å². The van der Waals surface area contributed by atoms with Crippen molar-refractivity contribution in [3.8, 4) is 11.5 Å². The van der Waals surface area contributed by atoms with Gasteiger partial charge in [-0.25, -0.2) is 0 Å². The van der Waals surface area contributed by atoms with Crippen molar-refractivity contribution in [1.82, 2.24) is 9.78 Å². The smallest absolute Gasteiger partial charge is 0.259 e. The minimum Gasteiger partial charge on any atom is -0.508 e. The molecule has 2 aromatic rings. The van der Waals surface area contributed by atoms with Crippen LogP contribution in [0.4, 0.5) is 5.69 Å². The Morgan fingerprint density at radius 2 is 2.05 bits per heavy atom. The number of nitrogens with one attached hydrogen (secondary N) is 1. The van der Waals surface area contributed by atoms with Gasteiger partial charge >= 0.3 is 0 Å². The van der Waals surface area contributed by atoms with Gasteiger partial charge in [0.25, 0.3) is 5.91 Å². The molecular weight excluding hydrogens is 258 g/mol. The second kappa shape index (κ2) is 5.24. The lowest BCUT2D eigenvalue weighted by Crippen LogP contribution is -2.13. The van der Waals surface area contributed by atoms with Gasteiger partial charge in [-0.15, -0.1) is 0 Å². The quantitative estimate of drug-likeness (QED) is 0.801. The fourth-order valence-electron chi connectivity index (χ4n) is 2.08. The average Bonchev–Trinajstić information content (AvgIpc) is 2.66. The summed E-state index contributed by atoms with van der Waals surface area (Å²) in [5, 5.41) is 26.0. The highest BCUT2D eigenvalue weighted by molar-refractivity contribution is 6.06. The summed E-state index contributed by atoms with van der Waals surface area (Å²) in [6.45, 7) is 6.37. The van der Waals surface area contributed by atoms with Crippen molar-refractivity contribution in [2.75, 3.05) is 5.32 Å². The van der Waals surface area contributed by atoms with E-state index >= 15 is 0 Å². The number of aromatic nitrogens is 2. The van der Waals surface area contributed by atoms with Gasteiger partial charge in [0.1, 0.15) is 11.5 Å². The van der Waals surface area contributed by atoms with Crippen molar-refractivity contribution in [3.05, 3.63) is 35.2 Å². The fraction of sp³-hybridized carbons (Fsp3) is 0.286. The largest absolute Gasteiger partial charge is 0.508 e. The number of phenols is 2. The Balaban J connectivity index is 2.30. The summed E-state index contributed by atoms with van der Waals surface area (Å²) in [4.78, 5) is 12.2. The number of anilines is 1. The number of nitrogens with zero attached hydrogens (tertiary/aromatic N) is 2. The topological polar surface area (TPSA) is 87.4 Å². The Bertz CT molecular complexity index is 662. The highest BCUT2D eigenvalue weighted by atomic mass is 16.3. The standard InChI is InChI=1S/C14H17N3O3/c1-4-17-9(3)13(8(2)16-17)15-14(20)11-6-5-10(18)7-12(11)19/h5-7,18-19H,4H2,1-3H3,(H,15,20). The molecule has 0 aliphatic carbocycles. The average molecular weight is 275 g/mol. The SMILES string of the molecule is CCn1nc(C)c(NC(=O)c2ccc(O)cc2O)c1C. The van der Waals surface area contributed by atoms with Crippen LogP contribution in [0.15, 0.2) is 18.2 Å². The van der Waals surface area contributed by atoms with Gasteiger partial charge in [-0.3, -0.25) is 9.48 Å². The summed E-state index contributed by atoms with van der Waals surface area (Å²) < 4.78 is 1.79. The molecular formula is C14H17N3O3. The molecule has 6 heteroatoms. The van der Waals surface area contributed by atoms with Crippen molar-refractivity contribution in [2.45, 2.75) is 27.3 Å². The predicted molar refractivity (Wildman–Crippen MR) is 75.1 cm³/mol. The zero-order chi connectivity index (χ0) is 14.9. The van der Waals surface area contributed by atoms with Crippen molar-refractivity contribution in [1.29, 1.82) is 0 Å². The zero-order valence-electron chi connectivity index (χ0n) is 11.6. The van der Waals surface area contributed by atoms with Crippen LogP contribution < -0.4 is 5.32 Å². The number of aryl methyl sites for hydroxylation is 2. The summed E-state index contributed by atoms with van der Waals surface area (Å²) in [5.41, 5.74) is 2.32. The van der Waals surface area contributed by atoms with Crippen molar-refractivity contribution in [2.24, 2.45) is 0 Å². The molecule has 0 atom stereocenters. The van der Waals surface area contributed by atoms with E-state index in [9.17, 15) is 15.0 Å². The van der Waals surface area contributed by atoms with Crippen LogP contribution in [0, 0.1) is 13.8 Å². The van der Waals surface area contributed by atoms with E-state index < -0.39 is 5.91 Å². The molecule has 106 valence electrons. The number of hydrogen-bond acceptors (Lipinski definition) is 4. The molecule has 0 aliphatic rings. The molecule has 20 heavy (non-hydrogen) atoms. The van der Waals surface area contributed by atoms with E-state index in [4.69, 9.17) is 0 Å². The van der Waals surface area contributed by atoms with Gasteiger partial charge in [-0.05, 0) is 32.9 Å². The third-order valence-electron chi connectivity index (χ3n) is 3.15. The summed E-state index contributed by atoms with van der Waals surface area (Å²) in [6, 6.07) is 3.85. The highest BCUT2D eigenvalue weighted by Gasteiger charge is 2.17. The minimum absolute atomic E-state index is 0.0924. The Labute approximate surface area is 116 Å². The summed E-state index contributed by atoms with van der Waals surface area (Å²) in [7, 11) is 0. The maximum Gasteiger partial charge on any atom is 0.259 e. The molecule has 0 aliphatic heterocycles. The molecule has 0 fully saturated rings. The monoisotopic (exact) mass is 275 g/mol. The Kier molecular flexibility index (Phi) is 3.65. The van der Waals surface area contributed by atoms with Crippen LogP contribution in [0.2, 0.25) is 0 Å². The second-order valence-electron chi connectivity index (χ2n) is 4.52. The number of carbonyl (C=O) groups is 1. The first-order valence-electron chi connectivity index (χ1n) is 6.31. The molecule has 0 spiro atoms. The van der Waals surface area contributed by atoms with Gasteiger partial charge in [0.2, 0.25) is 0 Å². The van der Waals surface area contributed by atoms with E-state index in [0.29, 0.717) is 12.2 Å². The number of amides is 1. The van der Waals surface area contributed by atoms with E-state index in [1.807, 2.05) is 20.8 Å². The van der Waals surface area contributed by atoms with Crippen LogP contribution in [0.3, 0.4) is 0 Å². The molecule has 1 aromatic heterocycles. The van der Waals surface area contributed by atoms with Crippen molar-refractivity contribution >= 4 is 11.6 Å². The molecule has 0 unspecified atom stereocenters. The Morgan fingerprint density at radius 3 is 2.60 bits per heavy atom. The lowest BCUT2D eigenvalue weighted by atomic mass is 10.1. The zero-order valence-corrected chi connectivity index (χ0v) is 11.6. The number of rotatable bonds is 3. The van der Waals surface area contributed by atoms with Crippen LogP contribution in [-0.2, 0) is 6.54 Å². The molecule has 2 rings (SSSR count). The molecule has 1 heterocycles. The van der Waals surface area contributed by atoms with Gasteiger partial charge in [0.15, 0.2) is 0 Å². The first kappa shape index (κ1) is 13.9. The summed E-state index contributed by atoms with van der Waals surface area (Å²) in [6.07, 6.45) is 0. The molecule has 0 bridgehead atoms. The third kappa shape index (κ3) is 2.45. The van der Waals surface area contributed by atoms with Gasteiger partial charge in [-0.2, -0.15) is 5.10 Å². The third-order valence-corrected chi connectivity index (χ3v) is 3.15. The summed E-state index contributed by atoms with van der Waals surface area (Å²) in [5.74, 6) is -0.796. The van der Waals surface area contributed by atoms with Gasteiger partial charge in [-0.1, -0.05) is 0 Å². The van der Waals surface area contributed by atoms with Crippen molar-refractivity contribution in [3.63, 3.8) is 0 Å². The normalized spacial score (nSPS) is 10.6. The maximum atomic E-state index is 12.2. The lowest BCUT2D eigenvalue weighted by Gasteiger charge is -2.08. The summed E-state index contributed by atoms with van der Waals surface area (Å²) >= 11 is 0. The molecule has 1 amide bonds. The first-order valence-corrected chi connectivity index (χ1v) is 6.31. The highest BCUT2D eigenvalue weighted by Crippen LogP contribution is 2.25. The van der Waals surface area contributed by atoms with Crippen molar-refractivity contribution < 1.29 is 15.0 Å². The fourth-order valence-corrected chi connectivity index (χ4v) is 2.08.